The summed E-state index contributed by atoms with van der Waals surface area (Å²) >= 11 is 0. The van der Waals surface area contributed by atoms with Crippen molar-refractivity contribution in [1.29, 1.82) is 0 Å². The van der Waals surface area contributed by atoms with E-state index in [1.807, 2.05) is 0 Å². The molecular weight excluding hydrogens is 655 g/mol. The van der Waals surface area contributed by atoms with Gasteiger partial charge in [-0.15, -0.1) is 0 Å². The standard InChI is InChI=1S/C25H36O8.Ac/c1-11-14(26)9-25(31)12(2)19-23(5,15(27)8-16-24(19,30)10-32-16)20(28)18(17(11)22(25,3)4)33-21(29)13-6-7-13;/h12-16,18-19,26-27,30-31H,6-10H2,1-5H3;/t12?,14?,15?,16?,18?,19?,23-,24?,25?;/m1./s1. The molecule has 9 atom stereocenters. The van der Waals surface area contributed by atoms with E-state index in [0.29, 0.717) is 24.0 Å². The SMILES string of the molecule is CC1=C2C(OC(=O)C3CC3)C(=O)[C@]3(C)C(O)CC4OCC4(O)C3C(C)C(O)(CC1O)C2(C)C.[Ac]. The summed E-state index contributed by atoms with van der Waals surface area (Å²) in [6.07, 6.45) is -2.70. The first-order chi connectivity index (χ1) is 15.2. The summed E-state index contributed by atoms with van der Waals surface area (Å²) in [5.41, 5.74) is -4.57. The average Bonchev–Trinajstić information content (AvgIpc) is 3.57. The maximum Gasteiger partial charge on any atom is 0.309 e. The second-order valence-corrected chi connectivity index (χ2v) is 11.9. The van der Waals surface area contributed by atoms with Gasteiger partial charge in [-0.3, -0.25) is 9.59 Å². The van der Waals surface area contributed by atoms with E-state index in [-0.39, 0.29) is 69.4 Å². The molecule has 2 bridgehead atoms. The van der Waals surface area contributed by atoms with Crippen molar-refractivity contribution in [3.8, 4) is 0 Å². The van der Waals surface area contributed by atoms with Gasteiger partial charge >= 0.3 is 5.97 Å². The summed E-state index contributed by atoms with van der Waals surface area (Å²) in [7, 11) is 0. The molecule has 1 radical (unpaired) electrons. The first-order valence-electron chi connectivity index (χ1n) is 12.1. The maximum absolute atomic E-state index is 14.4. The largest absolute Gasteiger partial charge is 0.449 e. The van der Waals surface area contributed by atoms with Gasteiger partial charge in [0.1, 0.15) is 5.60 Å². The number of carbonyl (C=O) groups excluding carboxylic acids is 2. The number of aliphatic hydroxyl groups is 4. The Hall–Kier alpha value is 0.122. The van der Waals surface area contributed by atoms with Crippen molar-refractivity contribution in [2.75, 3.05) is 6.61 Å². The van der Waals surface area contributed by atoms with Crippen LogP contribution in [-0.2, 0) is 19.1 Å². The number of carbonyl (C=O) groups is 2. The third-order valence-corrected chi connectivity index (χ3v) is 10.0. The van der Waals surface area contributed by atoms with Crippen molar-refractivity contribution in [2.45, 2.75) is 95.9 Å². The van der Waals surface area contributed by atoms with Crippen LogP contribution >= 0.6 is 0 Å². The number of aliphatic hydroxyl groups excluding tert-OH is 2. The fraction of sp³-hybridized carbons (Fsp3) is 0.840. The molecule has 0 aromatic rings. The summed E-state index contributed by atoms with van der Waals surface area (Å²) in [6.45, 7) is 8.72. The molecule has 9 heteroatoms. The molecule has 5 rings (SSSR count). The number of ketones is 1. The molecule has 4 N–H and O–H groups in total. The molecule has 1 heterocycles. The number of hydrogen-bond donors (Lipinski definition) is 4. The van der Waals surface area contributed by atoms with E-state index < -0.39 is 70.0 Å². The van der Waals surface area contributed by atoms with Gasteiger partial charge in [-0.1, -0.05) is 20.8 Å². The number of ether oxygens (including phenoxy) is 2. The van der Waals surface area contributed by atoms with Crippen LogP contribution in [0.5, 0.6) is 0 Å². The Bertz CT molecular complexity index is 943. The predicted molar refractivity (Wildman–Crippen MR) is 116 cm³/mol. The van der Waals surface area contributed by atoms with E-state index in [0.717, 1.165) is 0 Å². The van der Waals surface area contributed by atoms with Crippen LogP contribution in [0.2, 0.25) is 0 Å². The van der Waals surface area contributed by atoms with Crippen LogP contribution in [0.1, 0.15) is 60.3 Å². The monoisotopic (exact) mass is 691 g/mol. The molecule has 4 fully saturated rings. The summed E-state index contributed by atoms with van der Waals surface area (Å²) < 4.78 is 11.4. The van der Waals surface area contributed by atoms with Crippen LogP contribution < -0.4 is 0 Å². The van der Waals surface area contributed by atoms with E-state index >= 15 is 0 Å². The van der Waals surface area contributed by atoms with Crippen molar-refractivity contribution in [3.05, 3.63) is 11.1 Å². The van der Waals surface area contributed by atoms with Crippen LogP contribution in [-0.4, -0.2) is 74.4 Å². The van der Waals surface area contributed by atoms with E-state index in [2.05, 4.69) is 0 Å². The minimum Gasteiger partial charge on any atom is -0.449 e. The Morgan fingerprint density at radius 3 is 2.29 bits per heavy atom. The second kappa shape index (κ2) is 8.31. The second-order valence-electron chi connectivity index (χ2n) is 11.9. The van der Waals surface area contributed by atoms with E-state index in [4.69, 9.17) is 9.47 Å². The van der Waals surface area contributed by atoms with Crippen molar-refractivity contribution in [3.63, 3.8) is 0 Å². The van der Waals surface area contributed by atoms with Crippen LogP contribution in [0.4, 0.5) is 0 Å². The van der Waals surface area contributed by atoms with Gasteiger partial charge in [0.2, 0.25) is 0 Å². The van der Waals surface area contributed by atoms with Crippen LogP contribution in [0.15, 0.2) is 11.1 Å². The van der Waals surface area contributed by atoms with E-state index in [1.54, 1.807) is 34.6 Å². The summed E-state index contributed by atoms with van der Waals surface area (Å²) in [5.74, 6) is -2.76. The molecule has 0 spiro atoms. The molecule has 187 valence electrons. The molecule has 4 aliphatic carbocycles. The topological polar surface area (TPSA) is 134 Å². The third-order valence-electron chi connectivity index (χ3n) is 10.0. The molecule has 1 saturated heterocycles. The summed E-state index contributed by atoms with van der Waals surface area (Å²) in [4.78, 5) is 27.2. The van der Waals surface area contributed by atoms with E-state index in [9.17, 15) is 30.0 Å². The minimum absolute atomic E-state index is 0. The Balaban J connectivity index is 0.00000274. The minimum atomic E-state index is -1.54. The zero-order valence-electron chi connectivity index (χ0n) is 20.6. The van der Waals surface area contributed by atoms with Gasteiger partial charge in [-0.25, -0.2) is 0 Å². The Morgan fingerprint density at radius 2 is 1.76 bits per heavy atom. The van der Waals surface area contributed by atoms with Gasteiger partial charge < -0.3 is 29.9 Å². The molecule has 8 nitrogen and oxygen atoms in total. The fourth-order valence-electron chi connectivity index (χ4n) is 7.61. The van der Waals surface area contributed by atoms with Gasteiger partial charge in [0.05, 0.1) is 41.9 Å². The number of Topliss-reactive ketones (excluding diaryl/α,β-unsaturated/α-hetero) is 1. The van der Waals surface area contributed by atoms with Gasteiger partial charge in [0.15, 0.2) is 11.9 Å². The first kappa shape index (κ1) is 27.2. The van der Waals surface area contributed by atoms with Crippen LogP contribution in [0.25, 0.3) is 0 Å². The average molecular weight is 692 g/mol. The molecule has 3 saturated carbocycles. The van der Waals surface area contributed by atoms with Gasteiger partial charge in [0.25, 0.3) is 0 Å². The molecule has 34 heavy (non-hydrogen) atoms. The molecule has 1 aliphatic heterocycles. The number of rotatable bonds is 2. The van der Waals surface area contributed by atoms with Crippen molar-refractivity contribution in [1.82, 2.24) is 0 Å². The number of fused-ring (bicyclic) bond motifs is 5. The number of esters is 1. The predicted octanol–water partition coefficient (Wildman–Crippen LogP) is 0.882. The van der Waals surface area contributed by atoms with Gasteiger partial charge in [-0.05, 0) is 43.8 Å². The van der Waals surface area contributed by atoms with Crippen LogP contribution in [0, 0.1) is 72.6 Å². The number of hydrogen-bond acceptors (Lipinski definition) is 8. The smallest absolute Gasteiger partial charge is 0.309 e. The van der Waals surface area contributed by atoms with Crippen molar-refractivity contribution in [2.24, 2.45) is 28.6 Å². The molecule has 8 unspecified atom stereocenters. The third kappa shape index (κ3) is 3.30. The van der Waals surface area contributed by atoms with Crippen molar-refractivity contribution < 1.29 is 83.6 Å². The van der Waals surface area contributed by atoms with Gasteiger partial charge in [0, 0.05) is 68.2 Å². The van der Waals surface area contributed by atoms with Gasteiger partial charge in [-0.2, -0.15) is 0 Å². The Kier molecular flexibility index (Phi) is 6.64. The zero-order chi connectivity index (χ0) is 24.3. The molecule has 0 amide bonds. The summed E-state index contributed by atoms with van der Waals surface area (Å²) in [5, 5.41) is 46.2. The summed E-state index contributed by atoms with van der Waals surface area (Å²) in [6, 6.07) is 0. The van der Waals surface area contributed by atoms with E-state index in [1.165, 1.54) is 0 Å². The molecule has 0 aromatic heterocycles. The fourth-order valence-corrected chi connectivity index (χ4v) is 7.61. The van der Waals surface area contributed by atoms with Crippen molar-refractivity contribution >= 4 is 11.8 Å². The van der Waals surface area contributed by atoms with Crippen LogP contribution in [0.3, 0.4) is 0 Å². The zero-order valence-corrected chi connectivity index (χ0v) is 25.3. The Labute approximate surface area is 236 Å². The molecule has 0 aromatic carbocycles. The normalized spacial score (nSPS) is 49.5. The Morgan fingerprint density at radius 1 is 1.15 bits per heavy atom. The molecule has 5 aliphatic rings. The quantitative estimate of drug-likeness (QED) is 0.248. The first-order valence-corrected chi connectivity index (χ1v) is 12.1. The molecular formula is C25H36AcO8. The maximum atomic E-state index is 14.4.